The molecule has 1 saturated heterocycles. The van der Waals surface area contributed by atoms with Crippen molar-refractivity contribution in [2.24, 2.45) is 0 Å². The molecule has 0 radical (unpaired) electrons. The van der Waals surface area contributed by atoms with E-state index in [0.29, 0.717) is 48.6 Å². The SMILES string of the molecule is CCOC(=O)C1=C(CN2CCN(C(=O)c3cccc(F)c3)C(C)C2)N(CC)C(=O)NC1c1ccc(F)cc1. The molecule has 4 rings (SSSR count). The van der Waals surface area contributed by atoms with Crippen LogP contribution in [-0.2, 0) is 9.53 Å². The highest BCUT2D eigenvalue weighted by atomic mass is 19.1. The maximum Gasteiger partial charge on any atom is 0.338 e. The fraction of sp³-hybridized carbons (Fsp3) is 0.393. The summed E-state index contributed by atoms with van der Waals surface area (Å²) in [5.41, 5.74) is 1.67. The van der Waals surface area contributed by atoms with Gasteiger partial charge >= 0.3 is 12.0 Å². The summed E-state index contributed by atoms with van der Waals surface area (Å²) < 4.78 is 32.7. The van der Waals surface area contributed by atoms with Crippen LogP contribution in [0.5, 0.6) is 0 Å². The van der Waals surface area contributed by atoms with E-state index in [1.807, 2.05) is 13.8 Å². The largest absolute Gasteiger partial charge is 0.463 e. The minimum atomic E-state index is -0.798. The summed E-state index contributed by atoms with van der Waals surface area (Å²) in [5.74, 6) is -1.69. The van der Waals surface area contributed by atoms with Crippen LogP contribution in [0.25, 0.3) is 0 Å². The zero-order valence-corrected chi connectivity index (χ0v) is 21.7. The maximum atomic E-state index is 13.7. The second-order valence-corrected chi connectivity index (χ2v) is 9.35. The number of hydrogen-bond acceptors (Lipinski definition) is 5. The van der Waals surface area contributed by atoms with Crippen molar-refractivity contribution in [2.45, 2.75) is 32.9 Å². The van der Waals surface area contributed by atoms with E-state index in [9.17, 15) is 23.2 Å². The molecule has 202 valence electrons. The lowest BCUT2D eigenvalue weighted by Gasteiger charge is -2.43. The van der Waals surface area contributed by atoms with Crippen molar-refractivity contribution >= 4 is 17.9 Å². The summed E-state index contributed by atoms with van der Waals surface area (Å²) in [5, 5.41) is 2.87. The molecule has 3 amide bonds. The number of carbonyl (C=O) groups is 3. The predicted octanol–water partition coefficient (Wildman–Crippen LogP) is 3.71. The van der Waals surface area contributed by atoms with Gasteiger partial charge in [-0.1, -0.05) is 18.2 Å². The minimum Gasteiger partial charge on any atom is -0.463 e. The van der Waals surface area contributed by atoms with E-state index in [1.165, 1.54) is 47.4 Å². The van der Waals surface area contributed by atoms with Gasteiger partial charge in [-0.25, -0.2) is 18.4 Å². The molecule has 1 N–H and O–H groups in total. The molecule has 2 unspecified atom stereocenters. The molecule has 1 fully saturated rings. The average molecular weight is 527 g/mol. The Labute approximate surface area is 220 Å². The highest BCUT2D eigenvalue weighted by Crippen LogP contribution is 2.32. The summed E-state index contributed by atoms with van der Waals surface area (Å²) in [4.78, 5) is 44.6. The van der Waals surface area contributed by atoms with E-state index in [-0.39, 0.29) is 31.1 Å². The number of benzene rings is 2. The number of likely N-dealkylation sites (N-methyl/N-ethyl adjacent to an activating group) is 1. The van der Waals surface area contributed by atoms with E-state index >= 15 is 0 Å². The minimum absolute atomic E-state index is 0.156. The van der Waals surface area contributed by atoms with Crippen LogP contribution >= 0.6 is 0 Å². The molecule has 0 aliphatic carbocycles. The number of urea groups is 1. The second-order valence-electron chi connectivity index (χ2n) is 9.35. The molecule has 2 atom stereocenters. The summed E-state index contributed by atoms with van der Waals surface area (Å²) in [7, 11) is 0. The van der Waals surface area contributed by atoms with Gasteiger partial charge in [0.2, 0.25) is 0 Å². The third-order valence-electron chi connectivity index (χ3n) is 6.87. The Morgan fingerprint density at radius 2 is 1.79 bits per heavy atom. The second kappa shape index (κ2) is 11.7. The van der Waals surface area contributed by atoms with Crippen LogP contribution in [0.2, 0.25) is 0 Å². The van der Waals surface area contributed by atoms with E-state index in [2.05, 4.69) is 10.2 Å². The number of esters is 1. The number of nitrogens with zero attached hydrogens (tertiary/aromatic N) is 3. The van der Waals surface area contributed by atoms with Gasteiger partial charge in [0.15, 0.2) is 0 Å². The quantitative estimate of drug-likeness (QED) is 0.557. The summed E-state index contributed by atoms with van der Waals surface area (Å²) in [6, 6.07) is 9.93. The Bertz CT molecular complexity index is 1230. The molecule has 10 heteroatoms. The first-order valence-corrected chi connectivity index (χ1v) is 12.8. The Kier molecular flexibility index (Phi) is 8.41. The van der Waals surface area contributed by atoms with E-state index in [4.69, 9.17) is 4.74 Å². The molecule has 38 heavy (non-hydrogen) atoms. The Balaban J connectivity index is 1.62. The lowest BCUT2D eigenvalue weighted by atomic mass is 9.94. The smallest absolute Gasteiger partial charge is 0.338 e. The van der Waals surface area contributed by atoms with Crippen LogP contribution in [0.3, 0.4) is 0 Å². The van der Waals surface area contributed by atoms with Crippen molar-refractivity contribution in [3.05, 3.63) is 82.6 Å². The predicted molar refractivity (Wildman–Crippen MR) is 137 cm³/mol. The van der Waals surface area contributed by atoms with Gasteiger partial charge in [-0.3, -0.25) is 14.6 Å². The molecular weight excluding hydrogens is 494 g/mol. The molecule has 2 aliphatic rings. The van der Waals surface area contributed by atoms with E-state index in [1.54, 1.807) is 17.9 Å². The molecule has 2 aliphatic heterocycles. The molecule has 2 aromatic rings. The van der Waals surface area contributed by atoms with Crippen molar-refractivity contribution in [1.82, 2.24) is 20.0 Å². The number of ether oxygens (including phenoxy) is 1. The average Bonchev–Trinajstić information content (AvgIpc) is 2.89. The van der Waals surface area contributed by atoms with Crippen LogP contribution in [0.1, 0.15) is 42.7 Å². The van der Waals surface area contributed by atoms with Gasteiger partial charge in [0.25, 0.3) is 5.91 Å². The zero-order valence-electron chi connectivity index (χ0n) is 21.7. The third kappa shape index (κ3) is 5.70. The van der Waals surface area contributed by atoms with Crippen LogP contribution in [0, 0.1) is 11.6 Å². The Morgan fingerprint density at radius 3 is 2.42 bits per heavy atom. The molecule has 8 nitrogen and oxygen atoms in total. The van der Waals surface area contributed by atoms with Crippen molar-refractivity contribution < 1.29 is 27.9 Å². The standard InChI is InChI=1S/C28H32F2N4O4/c1-4-33-23(17-32-13-14-34(18(3)16-32)26(35)20-7-6-8-22(30)15-20)24(27(36)38-5-2)25(31-28(33)37)19-9-11-21(29)12-10-19/h6-12,15,18,25H,4-5,13-14,16-17H2,1-3H3,(H,31,37). The number of piperazine rings is 1. The Hall–Kier alpha value is -3.79. The first kappa shape index (κ1) is 27.3. The van der Waals surface area contributed by atoms with E-state index < -0.39 is 23.6 Å². The lowest BCUT2D eigenvalue weighted by molar-refractivity contribution is -0.139. The molecule has 0 spiro atoms. The zero-order chi connectivity index (χ0) is 27.4. The normalized spacial score (nSPS) is 20.4. The van der Waals surface area contributed by atoms with Gasteiger partial charge < -0.3 is 15.0 Å². The number of halogens is 2. The Morgan fingerprint density at radius 1 is 1.05 bits per heavy atom. The van der Waals surface area contributed by atoms with Crippen LogP contribution in [0.15, 0.2) is 59.8 Å². The van der Waals surface area contributed by atoms with Gasteiger partial charge in [-0.2, -0.15) is 0 Å². The summed E-state index contributed by atoms with van der Waals surface area (Å²) in [6.45, 7) is 7.58. The van der Waals surface area contributed by atoms with Gasteiger partial charge in [0, 0.05) is 50.0 Å². The highest BCUT2D eigenvalue weighted by Gasteiger charge is 2.39. The first-order chi connectivity index (χ1) is 18.2. The van der Waals surface area contributed by atoms with Gasteiger partial charge in [-0.15, -0.1) is 0 Å². The molecule has 0 bridgehead atoms. The van der Waals surface area contributed by atoms with Crippen molar-refractivity contribution in [3.8, 4) is 0 Å². The number of hydrogen-bond donors (Lipinski definition) is 1. The van der Waals surface area contributed by atoms with Gasteiger partial charge in [0.05, 0.1) is 18.2 Å². The van der Waals surface area contributed by atoms with Crippen molar-refractivity contribution in [3.63, 3.8) is 0 Å². The molecule has 0 saturated carbocycles. The molecule has 2 aromatic carbocycles. The van der Waals surface area contributed by atoms with Crippen LogP contribution in [0.4, 0.5) is 13.6 Å². The van der Waals surface area contributed by atoms with Gasteiger partial charge in [-0.05, 0) is 56.7 Å². The van der Waals surface area contributed by atoms with Crippen molar-refractivity contribution in [2.75, 3.05) is 39.3 Å². The molecule has 0 aromatic heterocycles. The highest BCUT2D eigenvalue weighted by molar-refractivity contribution is 5.95. The summed E-state index contributed by atoms with van der Waals surface area (Å²) >= 11 is 0. The number of carbonyl (C=O) groups excluding carboxylic acids is 3. The number of rotatable bonds is 7. The van der Waals surface area contributed by atoms with Gasteiger partial charge in [0.1, 0.15) is 11.6 Å². The fourth-order valence-electron chi connectivity index (χ4n) is 5.04. The topological polar surface area (TPSA) is 82.2 Å². The number of nitrogens with one attached hydrogen (secondary N) is 1. The fourth-order valence-corrected chi connectivity index (χ4v) is 5.04. The third-order valence-corrected chi connectivity index (χ3v) is 6.87. The number of amides is 3. The molecule has 2 heterocycles. The van der Waals surface area contributed by atoms with Crippen LogP contribution in [-0.4, -0.2) is 78.0 Å². The van der Waals surface area contributed by atoms with Crippen molar-refractivity contribution in [1.29, 1.82) is 0 Å². The van der Waals surface area contributed by atoms with Crippen LogP contribution < -0.4 is 5.32 Å². The van der Waals surface area contributed by atoms with E-state index in [0.717, 1.165) is 0 Å². The molecular formula is C28H32F2N4O4. The maximum absolute atomic E-state index is 13.7. The first-order valence-electron chi connectivity index (χ1n) is 12.8. The lowest BCUT2D eigenvalue weighted by Crippen LogP contribution is -2.56. The monoisotopic (exact) mass is 526 g/mol. The summed E-state index contributed by atoms with van der Waals surface area (Å²) in [6.07, 6.45) is 0.